The van der Waals surface area contributed by atoms with Crippen molar-refractivity contribution in [1.29, 1.82) is 0 Å². The van der Waals surface area contributed by atoms with Gasteiger partial charge in [0.15, 0.2) is 0 Å². The number of likely N-dealkylation sites (N-methyl/N-ethyl adjacent to an activating group) is 1. The van der Waals surface area contributed by atoms with E-state index < -0.39 is 5.60 Å². The lowest BCUT2D eigenvalue weighted by atomic mass is 9.54. The van der Waals surface area contributed by atoms with E-state index in [1.807, 2.05) is 67.8 Å². The minimum atomic E-state index is -0.429. The van der Waals surface area contributed by atoms with Crippen molar-refractivity contribution in [2.24, 2.45) is 0 Å². The third kappa shape index (κ3) is 5.11. The number of hydrogen-bond donors (Lipinski definition) is 1. The van der Waals surface area contributed by atoms with E-state index in [4.69, 9.17) is 9.47 Å². The number of piperidine rings is 1. The zero-order chi connectivity index (χ0) is 27.7. The van der Waals surface area contributed by atoms with E-state index in [2.05, 4.69) is 31.1 Å². The Bertz CT molecular complexity index is 1400. The van der Waals surface area contributed by atoms with Crippen LogP contribution in [0.5, 0.6) is 5.75 Å². The van der Waals surface area contributed by atoms with Crippen LogP contribution in [0, 0.1) is 0 Å². The number of fused-ring (bicyclic) bond motifs is 2. The zero-order valence-electron chi connectivity index (χ0n) is 23.2. The van der Waals surface area contributed by atoms with E-state index in [0.29, 0.717) is 11.3 Å². The van der Waals surface area contributed by atoms with E-state index in [0.717, 1.165) is 66.1 Å². The monoisotopic (exact) mass is 527 g/mol. The number of esters is 1. The molecule has 1 aliphatic heterocycles. The first-order chi connectivity index (χ1) is 18.7. The highest BCUT2D eigenvalue weighted by atomic mass is 16.5. The van der Waals surface area contributed by atoms with Crippen LogP contribution in [0.1, 0.15) is 48.5 Å². The fourth-order valence-corrected chi connectivity index (χ4v) is 7.17. The van der Waals surface area contributed by atoms with Gasteiger partial charge in [-0.05, 0) is 65.9 Å². The van der Waals surface area contributed by atoms with Gasteiger partial charge in [0.05, 0.1) is 20.1 Å². The van der Waals surface area contributed by atoms with Crippen LogP contribution in [0.3, 0.4) is 0 Å². The number of nitrogens with one attached hydrogen (secondary N) is 1. The number of amides is 1. The number of benzene rings is 3. The minimum Gasteiger partial charge on any atom is -0.427 e. The molecule has 1 unspecified atom stereocenters. The largest absolute Gasteiger partial charge is 0.427 e. The van der Waals surface area contributed by atoms with Gasteiger partial charge in [-0.2, -0.15) is 0 Å². The van der Waals surface area contributed by atoms with E-state index in [1.54, 1.807) is 0 Å². The van der Waals surface area contributed by atoms with Crippen LogP contribution in [-0.4, -0.2) is 61.8 Å². The average Bonchev–Trinajstić information content (AvgIpc) is 2.92. The molecule has 4 atom stereocenters. The van der Waals surface area contributed by atoms with Gasteiger partial charge in [0.1, 0.15) is 17.9 Å². The summed E-state index contributed by atoms with van der Waals surface area (Å²) in [4.78, 5) is 25.2. The first-order valence-electron chi connectivity index (χ1n) is 13.8. The molecule has 6 nitrogen and oxygen atoms in total. The van der Waals surface area contributed by atoms with Gasteiger partial charge in [-0.15, -0.1) is 0 Å². The Morgan fingerprint density at radius 3 is 2.62 bits per heavy atom. The van der Waals surface area contributed by atoms with Gasteiger partial charge >= 0.3 is 5.97 Å². The molecule has 1 saturated heterocycles. The Hall–Kier alpha value is -3.48. The van der Waals surface area contributed by atoms with Gasteiger partial charge in [0.25, 0.3) is 5.91 Å². The smallest absolute Gasteiger partial charge is 0.308 e. The molecule has 0 radical (unpaired) electrons. The number of carbonyl (C=O) groups is 2. The van der Waals surface area contributed by atoms with Crippen LogP contribution in [0.15, 0.2) is 79.4 Å². The Morgan fingerprint density at radius 2 is 1.87 bits per heavy atom. The quantitative estimate of drug-likeness (QED) is 0.193. The minimum absolute atomic E-state index is 0.0131. The number of rotatable bonds is 7. The number of carbonyl (C=O) groups excluding carboxylic acids is 2. The molecule has 1 amide bonds. The summed E-state index contributed by atoms with van der Waals surface area (Å²) in [5, 5.41) is 5.53. The predicted octanol–water partition coefficient (Wildman–Crippen LogP) is 5.41. The molecule has 2 aliphatic rings. The molecule has 0 aromatic heterocycles. The number of nitrogens with zero attached hydrogens (tertiary/aromatic N) is 1. The molecule has 39 heavy (non-hydrogen) atoms. The highest BCUT2D eigenvalue weighted by Crippen LogP contribution is 2.54. The molecule has 1 N–H and O–H groups in total. The highest BCUT2D eigenvalue weighted by Gasteiger charge is 2.62. The number of methoxy groups -OCH3 is 1. The Balaban J connectivity index is 1.49. The van der Waals surface area contributed by atoms with Gasteiger partial charge in [-0.25, -0.2) is 0 Å². The van der Waals surface area contributed by atoms with Crippen LogP contribution in [0.4, 0.5) is 0 Å². The maximum Gasteiger partial charge on any atom is 0.308 e. The van der Waals surface area contributed by atoms with Crippen molar-refractivity contribution in [2.45, 2.75) is 49.7 Å². The van der Waals surface area contributed by atoms with Crippen LogP contribution in [0.25, 0.3) is 10.8 Å². The van der Waals surface area contributed by atoms with Crippen molar-refractivity contribution >= 4 is 22.6 Å². The SMILES string of the molecule is C=CC[N@@+]1(C)CC[C@@]2(c3cccc(OC(C)=O)c3)C[C@@H](NC(=O)c3ccc4ccccc4c3)CCC2(OC)C1. The molecule has 6 heteroatoms. The van der Waals surface area contributed by atoms with Crippen molar-refractivity contribution in [3.05, 3.63) is 90.5 Å². The summed E-state index contributed by atoms with van der Waals surface area (Å²) in [6.45, 7) is 8.10. The summed E-state index contributed by atoms with van der Waals surface area (Å²) in [6.07, 6.45) is 5.27. The molecule has 1 heterocycles. The van der Waals surface area contributed by atoms with Crippen LogP contribution in [0.2, 0.25) is 0 Å². The fourth-order valence-electron chi connectivity index (χ4n) is 7.17. The number of hydrogen-bond acceptors (Lipinski definition) is 4. The molecule has 1 saturated carbocycles. The second-order valence-corrected chi connectivity index (χ2v) is 11.6. The number of quaternary nitrogens is 1. The molecule has 2 fully saturated rings. The molecule has 0 spiro atoms. The van der Waals surface area contributed by atoms with Gasteiger partial charge in [0, 0.05) is 37.5 Å². The number of ether oxygens (including phenoxy) is 2. The van der Waals surface area contributed by atoms with Crippen molar-refractivity contribution in [1.82, 2.24) is 5.32 Å². The van der Waals surface area contributed by atoms with Crippen LogP contribution >= 0.6 is 0 Å². The molecule has 0 bridgehead atoms. The van der Waals surface area contributed by atoms with E-state index in [-0.39, 0.29) is 23.3 Å². The second-order valence-electron chi connectivity index (χ2n) is 11.6. The molecule has 204 valence electrons. The molecular formula is C33H39N2O4+. The third-order valence-electron chi connectivity index (χ3n) is 9.03. The molecule has 3 aromatic rings. The van der Waals surface area contributed by atoms with Crippen molar-refractivity contribution in [2.75, 3.05) is 33.8 Å². The summed E-state index contributed by atoms with van der Waals surface area (Å²) in [5.74, 6) is 0.142. The number of likely N-dealkylation sites (tertiary alicyclic amines) is 1. The predicted molar refractivity (Wildman–Crippen MR) is 154 cm³/mol. The molecule has 1 aliphatic carbocycles. The lowest BCUT2D eigenvalue weighted by Gasteiger charge is -2.61. The summed E-state index contributed by atoms with van der Waals surface area (Å²) in [7, 11) is 4.09. The van der Waals surface area contributed by atoms with Gasteiger partial charge in [-0.3, -0.25) is 9.59 Å². The zero-order valence-corrected chi connectivity index (χ0v) is 23.2. The topological polar surface area (TPSA) is 64.6 Å². The van der Waals surface area contributed by atoms with Gasteiger partial charge < -0.3 is 19.3 Å². The first-order valence-corrected chi connectivity index (χ1v) is 13.8. The second kappa shape index (κ2) is 10.6. The van der Waals surface area contributed by atoms with E-state index in [1.165, 1.54) is 6.92 Å². The highest BCUT2D eigenvalue weighted by molar-refractivity contribution is 5.98. The standard InChI is InChI=1S/C33H38N2O4/c1-5-18-35(3)19-17-32(28-11-8-12-30(21-28)39-24(2)36)22-29(15-16-33(32,23-35)38-4)34-31(37)27-14-13-25-9-6-7-10-26(25)20-27/h5-14,20-21,29H,1,15-19,22-23H2,2-4H3/p+1/t29-,32-,33?,35-/m0/s1. The Labute approximate surface area is 231 Å². The van der Waals surface area contributed by atoms with E-state index >= 15 is 0 Å². The lowest BCUT2D eigenvalue weighted by Crippen LogP contribution is -2.72. The van der Waals surface area contributed by atoms with Crippen molar-refractivity contribution in [3.8, 4) is 5.75 Å². The molecular weight excluding hydrogens is 488 g/mol. The summed E-state index contributed by atoms with van der Waals surface area (Å²) in [5.41, 5.74) is 0.984. The summed E-state index contributed by atoms with van der Waals surface area (Å²) in [6, 6.07) is 21.8. The van der Waals surface area contributed by atoms with E-state index in [9.17, 15) is 9.59 Å². The van der Waals surface area contributed by atoms with Crippen LogP contribution in [-0.2, 0) is 14.9 Å². The third-order valence-corrected chi connectivity index (χ3v) is 9.03. The molecule has 3 aromatic carbocycles. The fraction of sp³-hybridized carbons (Fsp3) is 0.394. The summed E-state index contributed by atoms with van der Waals surface area (Å²) < 4.78 is 12.9. The van der Waals surface area contributed by atoms with Crippen LogP contribution < -0.4 is 10.1 Å². The molecule has 5 rings (SSSR count). The van der Waals surface area contributed by atoms with Gasteiger partial charge in [0.2, 0.25) is 0 Å². The Morgan fingerprint density at radius 1 is 1.08 bits per heavy atom. The average molecular weight is 528 g/mol. The first kappa shape index (κ1) is 27.1. The Kier molecular flexibility index (Phi) is 7.36. The lowest BCUT2D eigenvalue weighted by molar-refractivity contribution is -0.918. The summed E-state index contributed by atoms with van der Waals surface area (Å²) >= 11 is 0. The maximum absolute atomic E-state index is 13.5. The van der Waals surface area contributed by atoms with Gasteiger partial charge in [-0.1, -0.05) is 49.0 Å². The maximum atomic E-state index is 13.5. The van der Waals surface area contributed by atoms with Crippen molar-refractivity contribution < 1.29 is 23.5 Å². The van der Waals surface area contributed by atoms with Crippen molar-refractivity contribution in [3.63, 3.8) is 0 Å². The normalized spacial score (nSPS) is 28.3.